The van der Waals surface area contributed by atoms with Gasteiger partial charge in [-0.1, -0.05) is 23.7 Å². The highest BCUT2D eigenvalue weighted by Crippen LogP contribution is 2.19. The van der Waals surface area contributed by atoms with E-state index in [4.69, 9.17) is 17.3 Å². The molecule has 0 heterocycles. The molecule has 3 nitrogen and oxygen atoms in total. The first-order valence-corrected chi connectivity index (χ1v) is 6.52. The van der Waals surface area contributed by atoms with E-state index in [9.17, 15) is 4.79 Å². The maximum Gasteiger partial charge on any atom is 0.229 e. The van der Waals surface area contributed by atoms with Crippen molar-refractivity contribution in [1.82, 2.24) is 4.90 Å². The maximum atomic E-state index is 12.3. The van der Waals surface area contributed by atoms with Gasteiger partial charge in [-0.15, -0.1) is 0 Å². The van der Waals surface area contributed by atoms with Gasteiger partial charge in [0.05, 0.1) is 5.41 Å². The Hall–Kier alpha value is -1.06. The van der Waals surface area contributed by atoms with Gasteiger partial charge in [0, 0.05) is 24.7 Å². The second-order valence-corrected chi connectivity index (χ2v) is 5.47. The third-order valence-electron chi connectivity index (χ3n) is 3.02. The molecule has 0 atom stereocenters. The molecule has 0 unspecified atom stereocenters. The lowest BCUT2D eigenvalue weighted by atomic mass is 9.91. The summed E-state index contributed by atoms with van der Waals surface area (Å²) in [4.78, 5) is 14.1. The molecular weight excluding hydrogens is 248 g/mol. The summed E-state index contributed by atoms with van der Waals surface area (Å²) in [5.41, 5.74) is 6.16. The summed E-state index contributed by atoms with van der Waals surface area (Å²) in [5.74, 6) is 0.0764. The van der Waals surface area contributed by atoms with Gasteiger partial charge in [-0.25, -0.2) is 0 Å². The lowest BCUT2D eigenvalue weighted by Crippen LogP contribution is -2.44. The number of hydrogen-bond donors (Lipinski definition) is 1. The van der Waals surface area contributed by atoms with Crippen LogP contribution < -0.4 is 5.73 Å². The van der Waals surface area contributed by atoms with E-state index < -0.39 is 5.41 Å². The van der Waals surface area contributed by atoms with E-state index in [1.165, 1.54) is 0 Å². The Labute approximate surface area is 114 Å². The lowest BCUT2D eigenvalue weighted by Gasteiger charge is -2.30. The van der Waals surface area contributed by atoms with Gasteiger partial charge in [-0.3, -0.25) is 4.79 Å². The summed E-state index contributed by atoms with van der Waals surface area (Å²) in [6, 6.07) is 7.57. The van der Waals surface area contributed by atoms with Gasteiger partial charge in [0.15, 0.2) is 0 Å². The fourth-order valence-corrected chi connectivity index (χ4v) is 1.91. The molecule has 0 fully saturated rings. The summed E-state index contributed by atoms with van der Waals surface area (Å²) in [5, 5.41) is 0.689. The van der Waals surface area contributed by atoms with Crippen molar-refractivity contribution in [2.45, 2.75) is 27.3 Å². The van der Waals surface area contributed by atoms with E-state index in [1.807, 2.05) is 45.0 Å². The minimum atomic E-state index is -0.519. The van der Waals surface area contributed by atoms with Gasteiger partial charge in [0.1, 0.15) is 0 Å². The predicted octanol–water partition coefficient (Wildman–Crippen LogP) is 2.67. The molecule has 0 bridgehead atoms. The van der Waals surface area contributed by atoms with E-state index in [-0.39, 0.29) is 5.91 Å². The summed E-state index contributed by atoms with van der Waals surface area (Å²) >= 11 is 5.94. The summed E-state index contributed by atoms with van der Waals surface area (Å²) in [6.07, 6.45) is 0. The Morgan fingerprint density at radius 2 is 2.11 bits per heavy atom. The van der Waals surface area contributed by atoms with Gasteiger partial charge >= 0.3 is 0 Å². The molecule has 1 aromatic rings. The fourth-order valence-electron chi connectivity index (χ4n) is 1.70. The molecule has 18 heavy (non-hydrogen) atoms. The van der Waals surface area contributed by atoms with Crippen LogP contribution in [0.4, 0.5) is 0 Å². The third-order valence-corrected chi connectivity index (χ3v) is 3.26. The smallest absolute Gasteiger partial charge is 0.229 e. The first kappa shape index (κ1) is 15.0. The Bertz CT molecular complexity index is 418. The fraction of sp³-hybridized carbons (Fsp3) is 0.500. The minimum Gasteiger partial charge on any atom is -0.338 e. The van der Waals surface area contributed by atoms with Crippen molar-refractivity contribution in [3.05, 3.63) is 34.9 Å². The van der Waals surface area contributed by atoms with Crippen LogP contribution in [0, 0.1) is 5.41 Å². The molecule has 0 aliphatic rings. The van der Waals surface area contributed by atoms with E-state index in [0.717, 1.165) is 5.56 Å². The molecule has 0 aliphatic carbocycles. The van der Waals surface area contributed by atoms with Crippen molar-refractivity contribution in [2.24, 2.45) is 11.1 Å². The SMILES string of the molecule is CCN(Cc1cccc(Cl)c1)C(=O)C(C)(C)CN. The lowest BCUT2D eigenvalue weighted by molar-refractivity contribution is -0.140. The van der Waals surface area contributed by atoms with Crippen molar-refractivity contribution in [3.63, 3.8) is 0 Å². The Balaban J connectivity index is 2.82. The van der Waals surface area contributed by atoms with Gasteiger partial charge < -0.3 is 10.6 Å². The van der Waals surface area contributed by atoms with Crippen LogP contribution >= 0.6 is 11.6 Å². The van der Waals surface area contributed by atoms with Crippen LogP contribution in [-0.4, -0.2) is 23.9 Å². The van der Waals surface area contributed by atoms with Crippen LogP contribution in [0.2, 0.25) is 5.02 Å². The molecule has 0 spiro atoms. The highest BCUT2D eigenvalue weighted by molar-refractivity contribution is 6.30. The molecule has 0 aromatic heterocycles. The topological polar surface area (TPSA) is 46.3 Å². The number of carbonyl (C=O) groups excluding carboxylic acids is 1. The second-order valence-electron chi connectivity index (χ2n) is 5.04. The zero-order chi connectivity index (χ0) is 13.8. The second kappa shape index (κ2) is 6.21. The van der Waals surface area contributed by atoms with Crippen LogP contribution in [0.1, 0.15) is 26.3 Å². The molecule has 0 saturated heterocycles. The molecule has 4 heteroatoms. The summed E-state index contributed by atoms with van der Waals surface area (Å²) in [7, 11) is 0. The molecule has 0 saturated carbocycles. The average Bonchev–Trinajstić information content (AvgIpc) is 2.35. The van der Waals surface area contributed by atoms with Crippen LogP contribution in [0.15, 0.2) is 24.3 Å². The molecular formula is C14H21ClN2O. The van der Waals surface area contributed by atoms with Crippen molar-refractivity contribution in [2.75, 3.05) is 13.1 Å². The highest BCUT2D eigenvalue weighted by Gasteiger charge is 2.29. The first-order chi connectivity index (χ1) is 8.40. The minimum absolute atomic E-state index is 0.0764. The van der Waals surface area contributed by atoms with Gasteiger partial charge in [-0.2, -0.15) is 0 Å². The first-order valence-electron chi connectivity index (χ1n) is 6.14. The zero-order valence-corrected chi connectivity index (χ0v) is 12.0. The molecule has 2 N–H and O–H groups in total. The largest absolute Gasteiger partial charge is 0.338 e. The van der Waals surface area contributed by atoms with Crippen molar-refractivity contribution < 1.29 is 4.79 Å². The Morgan fingerprint density at radius 1 is 1.44 bits per heavy atom. The van der Waals surface area contributed by atoms with E-state index in [0.29, 0.717) is 24.7 Å². The molecule has 0 aliphatic heterocycles. The monoisotopic (exact) mass is 268 g/mol. The molecule has 100 valence electrons. The standard InChI is InChI=1S/C14H21ClN2O/c1-4-17(13(18)14(2,3)10-16)9-11-6-5-7-12(15)8-11/h5-8H,4,9-10,16H2,1-3H3. The quantitative estimate of drug-likeness (QED) is 0.892. The average molecular weight is 269 g/mol. The molecule has 0 radical (unpaired) electrons. The number of benzene rings is 1. The summed E-state index contributed by atoms with van der Waals surface area (Å²) < 4.78 is 0. The number of nitrogens with two attached hydrogens (primary N) is 1. The van der Waals surface area contributed by atoms with E-state index in [1.54, 1.807) is 4.90 Å². The van der Waals surface area contributed by atoms with Crippen molar-refractivity contribution in [3.8, 4) is 0 Å². The maximum absolute atomic E-state index is 12.3. The van der Waals surface area contributed by atoms with Crippen molar-refractivity contribution >= 4 is 17.5 Å². The van der Waals surface area contributed by atoms with Gasteiger partial charge in [0.25, 0.3) is 0 Å². The predicted molar refractivity (Wildman–Crippen MR) is 75.4 cm³/mol. The van der Waals surface area contributed by atoms with E-state index in [2.05, 4.69) is 0 Å². The van der Waals surface area contributed by atoms with Crippen LogP contribution in [0.3, 0.4) is 0 Å². The van der Waals surface area contributed by atoms with Gasteiger partial charge in [0.2, 0.25) is 5.91 Å². The molecule has 1 rings (SSSR count). The van der Waals surface area contributed by atoms with Crippen molar-refractivity contribution in [1.29, 1.82) is 0 Å². The van der Waals surface area contributed by atoms with Crippen LogP contribution in [0.25, 0.3) is 0 Å². The Kier molecular flexibility index (Phi) is 5.17. The molecule has 1 aromatic carbocycles. The number of nitrogens with zero attached hydrogens (tertiary/aromatic N) is 1. The number of rotatable bonds is 5. The highest BCUT2D eigenvalue weighted by atomic mass is 35.5. The zero-order valence-electron chi connectivity index (χ0n) is 11.2. The molecule has 1 amide bonds. The number of halogens is 1. The number of amides is 1. The normalized spacial score (nSPS) is 11.4. The van der Waals surface area contributed by atoms with E-state index >= 15 is 0 Å². The van der Waals surface area contributed by atoms with Crippen LogP contribution in [-0.2, 0) is 11.3 Å². The number of carbonyl (C=O) groups is 1. The Morgan fingerprint density at radius 3 is 2.61 bits per heavy atom. The van der Waals surface area contributed by atoms with Gasteiger partial charge in [-0.05, 0) is 38.5 Å². The third kappa shape index (κ3) is 3.72. The van der Waals surface area contributed by atoms with Crippen LogP contribution in [0.5, 0.6) is 0 Å². The number of hydrogen-bond acceptors (Lipinski definition) is 2. The summed E-state index contributed by atoms with van der Waals surface area (Å²) in [6.45, 7) is 7.28.